The molecule has 6 rings (SSSR count). The molecule has 19 heteroatoms. The average Bonchev–Trinajstić information content (AvgIpc) is 4.03. The van der Waals surface area contributed by atoms with Crippen molar-refractivity contribution in [1.82, 2.24) is 9.80 Å². The number of aromatic carboxylic acids is 1. The summed E-state index contributed by atoms with van der Waals surface area (Å²) in [5, 5.41) is 32.5. The Hall–Kier alpha value is -7.67. The van der Waals surface area contributed by atoms with Gasteiger partial charge in [-0.3, -0.25) is 57.7 Å². The second-order valence-electron chi connectivity index (χ2n) is 14.4. The Bertz CT molecular complexity index is 2110. The molecular weight excluding hydrogens is 861 g/mol. The molecule has 4 N–H and O–H groups in total. The summed E-state index contributed by atoms with van der Waals surface area (Å²) in [4.78, 5) is 125. The fourth-order valence-corrected chi connectivity index (χ4v) is 6.27. The number of rotatable bonds is 20. The molecule has 0 bridgehead atoms. The van der Waals surface area contributed by atoms with Crippen molar-refractivity contribution in [3.05, 3.63) is 109 Å². The number of benzene rings is 2. The molecule has 4 heterocycles. The minimum Gasteiger partial charge on any atom is -0.481 e. The maximum absolute atomic E-state index is 11.3. The summed E-state index contributed by atoms with van der Waals surface area (Å²) in [6, 6.07) is 14.4. The number of imide groups is 4. The fraction of sp³-hybridized carbons (Fsp3) is 0.340. The summed E-state index contributed by atoms with van der Waals surface area (Å²) in [5.41, 5.74) is 1.09. The van der Waals surface area contributed by atoms with Crippen LogP contribution in [0, 0.1) is 0 Å². The van der Waals surface area contributed by atoms with Gasteiger partial charge in [0.2, 0.25) is 0 Å². The van der Waals surface area contributed by atoms with Gasteiger partial charge in [0, 0.05) is 81.6 Å². The minimum absolute atomic E-state index is 0.107. The largest absolute Gasteiger partial charge is 0.481 e. The summed E-state index contributed by atoms with van der Waals surface area (Å²) in [6.07, 6.45) is 20.5. The van der Waals surface area contributed by atoms with Crippen molar-refractivity contribution in [2.24, 2.45) is 0 Å². The van der Waals surface area contributed by atoms with Crippen molar-refractivity contribution in [3.63, 3.8) is 0 Å². The Kier molecular flexibility index (Phi) is 24.5. The highest BCUT2D eigenvalue weighted by atomic mass is 16.4. The van der Waals surface area contributed by atoms with Gasteiger partial charge < -0.3 is 20.4 Å². The van der Waals surface area contributed by atoms with Crippen molar-refractivity contribution in [1.29, 1.82) is 0 Å². The number of carbonyl (C=O) groups excluding carboxylic acids is 8. The van der Waals surface area contributed by atoms with E-state index in [4.69, 9.17) is 20.4 Å². The number of anilines is 2. The number of unbranched alkanes of at least 4 members (excludes halogenated alkanes) is 9. The lowest BCUT2D eigenvalue weighted by Gasteiger charge is -2.13. The number of aliphatic hydroxyl groups is 1. The van der Waals surface area contributed by atoms with Crippen LogP contribution in [0.5, 0.6) is 0 Å². The van der Waals surface area contributed by atoms with Gasteiger partial charge >= 0.3 is 17.9 Å². The molecule has 0 atom stereocenters. The molecular formula is C47H54N4O15. The third kappa shape index (κ3) is 19.0. The first-order chi connectivity index (χ1) is 31.6. The highest BCUT2D eigenvalue weighted by Crippen LogP contribution is 2.20. The van der Waals surface area contributed by atoms with Gasteiger partial charge in [-0.05, 0) is 62.1 Å². The molecule has 0 saturated carbocycles. The van der Waals surface area contributed by atoms with Crippen molar-refractivity contribution < 1.29 is 73.2 Å². The Morgan fingerprint density at radius 3 is 1.00 bits per heavy atom. The minimum atomic E-state index is -1.05. The summed E-state index contributed by atoms with van der Waals surface area (Å²) >= 11 is 0. The number of aliphatic carboxylic acids is 2. The SMILES string of the molecule is CO.O=C(O)CCCCCCCCCCN1C(=O)C=CC1=O.O=C(O)CCCCCN1C(=O)C=CC1=O.O=C(O)c1ccc(N2C(=O)C=CC2=O)cc1.O=C1C=CC(=O)N1c1ccccc1. The van der Waals surface area contributed by atoms with Gasteiger partial charge in [-0.1, -0.05) is 63.1 Å². The van der Waals surface area contributed by atoms with Crippen LogP contribution in [0.15, 0.2) is 103 Å². The highest BCUT2D eigenvalue weighted by molar-refractivity contribution is 6.28. The van der Waals surface area contributed by atoms with Crippen molar-refractivity contribution >= 4 is 76.5 Å². The third-order valence-electron chi connectivity index (χ3n) is 9.60. The zero-order valence-corrected chi connectivity index (χ0v) is 36.5. The molecule has 0 spiro atoms. The summed E-state index contributed by atoms with van der Waals surface area (Å²) in [6.45, 7) is 0.896. The molecule has 352 valence electrons. The van der Waals surface area contributed by atoms with Crippen molar-refractivity contribution in [3.8, 4) is 0 Å². The van der Waals surface area contributed by atoms with Crippen LogP contribution in [-0.2, 0) is 47.9 Å². The number of carbonyl (C=O) groups is 11. The normalized spacial score (nSPS) is 14.5. The summed E-state index contributed by atoms with van der Waals surface area (Å²) < 4.78 is 0. The van der Waals surface area contributed by atoms with E-state index in [0.29, 0.717) is 43.7 Å². The lowest BCUT2D eigenvalue weighted by Crippen LogP contribution is -2.30. The highest BCUT2D eigenvalue weighted by Gasteiger charge is 2.26. The Balaban J connectivity index is 0.000000301. The number of aliphatic hydroxyl groups excluding tert-OH is 1. The van der Waals surface area contributed by atoms with Crippen LogP contribution in [0.3, 0.4) is 0 Å². The van der Waals surface area contributed by atoms with Crippen LogP contribution in [0.4, 0.5) is 11.4 Å². The number of hydrogen-bond donors (Lipinski definition) is 4. The number of para-hydroxylation sites is 1. The zero-order valence-electron chi connectivity index (χ0n) is 36.5. The Morgan fingerprint density at radius 2 is 0.667 bits per heavy atom. The van der Waals surface area contributed by atoms with Gasteiger partial charge in [-0.2, -0.15) is 0 Å². The van der Waals surface area contributed by atoms with Crippen LogP contribution < -0.4 is 9.80 Å². The standard InChI is InChI=1S/C15H23NO4.C11H7NO4.C10H13NO4.C10H7NO2.CH4O/c17-13-10-11-14(18)16(13)12-8-6-4-2-1-3-5-7-9-15(19)20;13-9-5-6-10(14)12(9)8-3-1-7(2-4-8)11(15)16;12-8-5-6-9(13)11(8)7-3-1-2-4-10(14)15;12-9-6-7-10(13)11(9)8-4-2-1-3-5-8;1-2/h10-11H,1-9,12H2,(H,19,20);1-6H,(H,15,16);5-6H,1-4,7H2,(H,14,15);1-7H;2H,1H3. The Morgan fingerprint density at radius 1 is 0.379 bits per heavy atom. The molecule has 0 saturated heterocycles. The second-order valence-corrected chi connectivity index (χ2v) is 14.4. The van der Waals surface area contributed by atoms with E-state index in [0.717, 1.165) is 68.3 Å². The molecule has 0 unspecified atom stereocenters. The molecule has 8 amide bonds. The zero-order chi connectivity index (χ0) is 49.0. The Labute approximate surface area is 380 Å². The van der Waals surface area contributed by atoms with Gasteiger partial charge in [0.1, 0.15) is 0 Å². The molecule has 4 aliphatic rings. The van der Waals surface area contributed by atoms with E-state index in [1.165, 1.54) is 82.7 Å². The molecule has 4 aliphatic heterocycles. The number of nitrogens with zero attached hydrogens (tertiary/aromatic N) is 4. The topological polar surface area (TPSA) is 282 Å². The summed E-state index contributed by atoms with van der Waals surface area (Å²) in [5.74, 6) is -4.95. The van der Waals surface area contributed by atoms with Crippen LogP contribution in [-0.4, -0.2) is 116 Å². The van der Waals surface area contributed by atoms with E-state index in [1.54, 1.807) is 24.3 Å². The first-order valence-electron chi connectivity index (χ1n) is 21.1. The van der Waals surface area contributed by atoms with Gasteiger partial charge in [0.25, 0.3) is 47.3 Å². The smallest absolute Gasteiger partial charge is 0.335 e. The third-order valence-corrected chi connectivity index (χ3v) is 9.60. The number of hydrogen-bond acceptors (Lipinski definition) is 12. The van der Waals surface area contributed by atoms with Crippen LogP contribution >= 0.6 is 0 Å². The van der Waals surface area contributed by atoms with Crippen LogP contribution in [0.25, 0.3) is 0 Å². The molecule has 19 nitrogen and oxygen atoms in total. The fourth-order valence-electron chi connectivity index (χ4n) is 6.27. The molecule has 2 aromatic carbocycles. The number of carboxylic acids is 3. The van der Waals surface area contributed by atoms with Gasteiger partial charge in [0.15, 0.2) is 0 Å². The molecule has 66 heavy (non-hydrogen) atoms. The van der Waals surface area contributed by atoms with E-state index in [-0.39, 0.29) is 53.8 Å². The molecule has 0 aliphatic carbocycles. The predicted molar refractivity (Wildman–Crippen MR) is 238 cm³/mol. The van der Waals surface area contributed by atoms with E-state index in [1.807, 2.05) is 6.07 Å². The monoisotopic (exact) mass is 914 g/mol. The second kappa shape index (κ2) is 29.6. The number of amides is 8. The molecule has 0 aromatic heterocycles. The number of carboxylic acid groups (broad SMARTS) is 3. The molecule has 0 radical (unpaired) electrons. The molecule has 2 aromatic rings. The van der Waals surface area contributed by atoms with E-state index >= 15 is 0 Å². The maximum atomic E-state index is 11.3. The predicted octanol–water partition coefficient (Wildman–Crippen LogP) is 4.60. The van der Waals surface area contributed by atoms with E-state index in [2.05, 4.69) is 0 Å². The van der Waals surface area contributed by atoms with Crippen LogP contribution in [0.2, 0.25) is 0 Å². The summed E-state index contributed by atoms with van der Waals surface area (Å²) in [7, 11) is 1.00. The maximum Gasteiger partial charge on any atom is 0.335 e. The quantitative estimate of drug-likeness (QED) is 0.104. The van der Waals surface area contributed by atoms with E-state index < -0.39 is 29.7 Å². The van der Waals surface area contributed by atoms with Gasteiger partial charge in [0.05, 0.1) is 16.9 Å². The lowest BCUT2D eigenvalue weighted by atomic mass is 10.1. The van der Waals surface area contributed by atoms with Gasteiger partial charge in [-0.25, -0.2) is 14.6 Å². The van der Waals surface area contributed by atoms with Crippen LogP contribution in [0.1, 0.15) is 93.8 Å². The first kappa shape index (κ1) is 54.5. The van der Waals surface area contributed by atoms with Crippen molar-refractivity contribution in [2.75, 3.05) is 30.0 Å². The van der Waals surface area contributed by atoms with E-state index in [9.17, 15) is 52.7 Å². The first-order valence-corrected chi connectivity index (χ1v) is 21.1. The lowest BCUT2D eigenvalue weighted by molar-refractivity contribution is -0.138. The molecule has 0 fully saturated rings. The average molecular weight is 915 g/mol. The van der Waals surface area contributed by atoms with Crippen molar-refractivity contribution in [2.45, 2.75) is 83.5 Å². The van der Waals surface area contributed by atoms with Gasteiger partial charge in [-0.15, -0.1) is 0 Å².